The maximum atomic E-state index is 3.53. The van der Waals surface area contributed by atoms with Gasteiger partial charge in [0.2, 0.25) is 0 Å². The Morgan fingerprint density at radius 1 is 0.857 bits per heavy atom. The SMILES string of the molecule is CCCCCCCCCC1CCC(C2C=CC(c3ccc(Br)cc3)=CC2)CC1. The van der Waals surface area contributed by atoms with Gasteiger partial charge in [-0.15, -0.1) is 0 Å². The number of halogens is 1. The number of unbranched alkanes of at least 4 members (excludes halogenated alkanes) is 6. The molecule has 0 aliphatic heterocycles. The van der Waals surface area contributed by atoms with Crippen LogP contribution in [-0.2, 0) is 0 Å². The molecule has 1 aromatic rings. The predicted octanol–water partition coefficient (Wildman–Crippen LogP) is 9.36. The maximum absolute atomic E-state index is 3.53. The molecule has 1 aromatic carbocycles. The number of rotatable bonds is 10. The van der Waals surface area contributed by atoms with Gasteiger partial charge in [0.05, 0.1) is 0 Å². The van der Waals surface area contributed by atoms with E-state index in [1.54, 1.807) is 0 Å². The second-order valence-electron chi connectivity index (χ2n) is 9.12. The Kier molecular flexibility index (Phi) is 9.38. The van der Waals surface area contributed by atoms with Crippen molar-refractivity contribution in [3.8, 4) is 0 Å². The average Bonchev–Trinajstić information content (AvgIpc) is 2.74. The Bertz CT molecular complexity index is 616. The number of hydrogen-bond donors (Lipinski definition) is 0. The Balaban J connectivity index is 1.32. The van der Waals surface area contributed by atoms with Gasteiger partial charge in [-0.2, -0.15) is 0 Å². The fourth-order valence-corrected chi connectivity index (χ4v) is 5.40. The lowest BCUT2D eigenvalue weighted by atomic mass is 9.72. The van der Waals surface area contributed by atoms with Gasteiger partial charge in [0.25, 0.3) is 0 Å². The Labute approximate surface area is 182 Å². The van der Waals surface area contributed by atoms with Gasteiger partial charge < -0.3 is 0 Å². The minimum Gasteiger partial charge on any atom is -0.0802 e. The third-order valence-corrected chi connectivity index (χ3v) is 7.55. The first-order valence-electron chi connectivity index (χ1n) is 11.9. The lowest BCUT2D eigenvalue weighted by molar-refractivity contribution is 0.218. The van der Waals surface area contributed by atoms with E-state index in [0.29, 0.717) is 0 Å². The quantitative estimate of drug-likeness (QED) is 0.316. The molecule has 2 aliphatic carbocycles. The van der Waals surface area contributed by atoms with Crippen LogP contribution in [-0.4, -0.2) is 0 Å². The molecule has 0 saturated heterocycles. The normalized spacial score (nSPS) is 24.9. The summed E-state index contributed by atoms with van der Waals surface area (Å²) in [4.78, 5) is 0. The van der Waals surface area contributed by atoms with E-state index in [-0.39, 0.29) is 0 Å². The lowest BCUT2D eigenvalue weighted by Crippen LogP contribution is -2.21. The lowest BCUT2D eigenvalue weighted by Gasteiger charge is -2.33. The van der Waals surface area contributed by atoms with Crippen molar-refractivity contribution in [1.29, 1.82) is 0 Å². The minimum atomic E-state index is 0.777. The van der Waals surface area contributed by atoms with Gasteiger partial charge in [-0.25, -0.2) is 0 Å². The summed E-state index contributed by atoms with van der Waals surface area (Å²) >= 11 is 3.53. The number of allylic oxidation sites excluding steroid dienone is 4. The van der Waals surface area contributed by atoms with Crippen molar-refractivity contribution in [1.82, 2.24) is 0 Å². The van der Waals surface area contributed by atoms with Crippen LogP contribution in [0.1, 0.15) is 96.0 Å². The zero-order valence-electron chi connectivity index (χ0n) is 17.8. The van der Waals surface area contributed by atoms with Gasteiger partial charge in [0, 0.05) is 4.47 Å². The van der Waals surface area contributed by atoms with E-state index in [0.717, 1.165) is 22.2 Å². The van der Waals surface area contributed by atoms with Crippen molar-refractivity contribution in [2.75, 3.05) is 0 Å². The van der Waals surface area contributed by atoms with Crippen LogP contribution in [0.5, 0.6) is 0 Å². The van der Waals surface area contributed by atoms with E-state index < -0.39 is 0 Å². The molecule has 0 spiro atoms. The molecule has 0 N–H and O–H groups in total. The van der Waals surface area contributed by atoms with Crippen LogP contribution in [0.3, 0.4) is 0 Å². The molecule has 0 amide bonds. The van der Waals surface area contributed by atoms with E-state index in [1.807, 2.05) is 0 Å². The molecule has 0 bridgehead atoms. The van der Waals surface area contributed by atoms with E-state index in [9.17, 15) is 0 Å². The Morgan fingerprint density at radius 2 is 1.54 bits per heavy atom. The van der Waals surface area contributed by atoms with Crippen LogP contribution in [0, 0.1) is 17.8 Å². The first kappa shape index (κ1) is 21.9. The molecule has 1 saturated carbocycles. The van der Waals surface area contributed by atoms with Gasteiger partial charge >= 0.3 is 0 Å². The molecule has 28 heavy (non-hydrogen) atoms. The largest absolute Gasteiger partial charge is 0.0802 e. The molecule has 3 rings (SSSR count). The highest BCUT2D eigenvalue weighted by Crippen LogP contribution is 2.39. The first-order valence-corrected chi connectivity index (χ1v) is 12.7. The zero-order chi connectivity index (χ0) is 19.6. The van der Waals surface area contributed by atoms with Crippen LogP contribution in [0.15, 0.2) is 47.0 Å². The Morgan fingerprint density at radius 3 is 2.18 bits per heavy atom. The van der Waals surface area contributed by atoms with Gasteiger partial charge in [-0.1, -0.05) is 117 Å². The van der Waals surface area contributed by atoms with E-state index >= 15 is 0 Å². The molecular weight excluding hydrogens is 404 g/mol. The average molecular weight is 444 g/mol. The van der Waals surface area contributed by atoms with Crippen LogP contribution < -0.4 is 0 Å². The summed E-state index contributed by atoms with van der Waals surface area (Å²) in [6.45, 7) is 2.30. The maximum Gasteiger partial charge on any atom is 0.0175 e. The van der Waals surface area contributed by atoms with Crippen molar-refractivity contribution in [3.05, 3.63) is 52.5 Å². The van der Waals surface area contributed by atoms with Crippen molar-refractivity contribution in [2.45, 2.75) is 90.4 Å². The molecule has 0 heterocycles. The molecule has 1 fully saturated rings. The second-order valence-corrected chi connectivity index (χ2v) is 10.0. The third kappa shape index (κ3) is 6.90. The molecular formula is C27H39Br. The highest BCUT2D eigenvalue weighted by Gasteiger charge is 2.26. The van der Waals surface area contributed by atoms with Crippen LogP contribution >= 0.6 is 15.9 Å². The summed E-state index contributed by atoms with van der Waals surface area (Å²) < 4.78 is 1.16. The smallest absolute Gasteiger partial charge is 0.0175 e. The molecule has 1 heteroatoms. The van der Waals surface area contributed by atoms with Gasteiger partial charge in [-0.3, -0.25) is 0 Å². The van der Waals surface area contributed by atoms with Crippen molar-refractivity contribution < 1.29 is 0 Å². The fraction of sp³-hybridized carbons (Fsp3) is 0.630. The van der Waals surface area contributed by atoms with Crippen LogP contribution in [0.4, 0.5) is 0 Å². The molecule has 0 radical (unpaired) electrons. The Hall–Kier alpha value is -0.820. The van der Waals surface area contributed by atoms with Gasteiger partial charge in [0.15, 0.2) is 0 Å². The predicted molar refractivity (Wildman–Crippen MR) is 127 cm³/mol. The molecule has 154 valence electrons. The monoisotopic (exact) mass is 442 g/mol. The van der Waals surface area contributed by atoms with Crippen molar-refractivity contribution in [3.63, 3.8) is 0 Å². The first-order chi connectivity index (χ1) is 13.8. The molecule has 1 atom stereocenters. The summed E-state index contributed by atoms with van der Waals surface area (Å²) in [5.74, 6) is 2.72. The zero-order valence-corrected chi connectivity index (χ0v) is 19.4. The molecule has 0 nitrogen and oxygen atoms in total. The van der Waals surface area contributed by atoms with Crippen LogP contribution in [0.25, 0.3) is 5.57 Å². The van der Waals surface area contributed by atoms with E-state index in [4.69, 9.17) is 0 Å². The highest BCUT2D eigenvalue weighted by molar-refractivity contribution is 9.10. The summed E-state index contributed by atoms with van der Waals surface area (Å²) in [5, 5.41) is 0. The molecule has 2 aliphatic rings. The van der Waals surface area contributed by atoms with Crippen molar-refractivity contribution in [2.24, 2.45) is 17.8 Å². The van der Waals surface area contributed by atoms with E-state index in [2.05, 4.69) is 65.3 Å². The van der Waals surface area contributed by atoms with E-state index in [1.165, 1.54) is 94.6 Å². The third-order valence-electron chi connectivity index (χ3n) is 7.02. The highest BCUT2D eigenvalue weighted by atomic mass is 79.9. The summed E-state index contributed by atoms with van der Waals surface area (Å²) in [6, 6.07) is 8.72. The van der Waals surface area contributed by atoms with Gasteiger partial charge in [0.1, 0.15) is 0 Å². The molecule has 1 unspecified atom stereocenters. The second kappa shape index (κ2) is 12.0. The molecule has 0 aromatic heterocycles. The topological polar surface area (TPSA) is 0 Å². The summed E-state index contributed by atoms with van der Waals surface area (Å²) in [5.41, 5.74) is 2.74. The van der Waals surface area contributed by atoms with Gasteiger partial charge in [-0.05, 0) is 60.3 Å². The minimum absolute atomic E-state index is 0.777. The van der Waals surface area contributed by atoms with Crippen molar-refractivity contribution >= 4 is 21.5 Å². The number of hydrogen-bond acceptors (Lipinski definition) is 0. The summed E-state index contributed by atoms with van der Waals surface area (Å²) in [6.07, 6.45) is 26.1. The summed E-state index contributed by atoms with van der Waals surface area (Å²) in [7, 11) is 0. The standard InChI is InChI=1S/C27H39Br/c1-2-3-4-5-6-7-8-9-22-10-12-23(13-11-22)24-14-16-25(17-15-24)26-18-20-27(28)21-19-26/h14,16-24H,2-13,15H2,1H3. The number of benzene rings is 1. The van der Waals surface area contributed by atoms with Crippen LogP contribution in [0.2, 0.25) is 0 Å². The fourth-order valence-electron chi connectivity index (χ4n) is 5.14.